The number of halogens is 1. The third kappa shape index (κ3) is 4.01. The number of ether oxygens (including phenoxy) is 1. The van der Waals surface area contributed by atoms with Crippen LogP contribution in [0.1, 0.15) is 25.0 Å². The molecule has 4 heteroatoms. The first kappa shape index (κ1) is 15.4. The fourth-order valence-corrected chi connectivity index (χ4v) is 2.54. The molecule has 0 aliphatic carbocycles. The summed E-state index contributed by atoms with van der Waals surface area (Å²) in [6.07, 6.45) is 0. The van der Waals surface area contributed by atoms with Crippen LogP contribution in [0.25, 0.3) is 0 Å². The van der Waals surface area contributed by atoms with Gasteiger partial charge in [-0.3, -0.25) is 4.90 Å². The summed E-state index contributed by atoms with van der Waals surface area (Å²) in [5.74, 6) is -0.128. The number of aryl methyl sites for hydroxylation is 1. The molecule has 1 N–H and O–H groups in total. The predicted octanol–water partition coefficient (Wildman–Crippen LogP) is 2.33. The van der Waals surface area contributed by atoms with Gasteiger partial charge < -0.3 is 10.1 Å². The molecular formula is C16H25FN2O. The van der Waals surface area contributed by atoms with Crippen LogP contribution in [0.15, 0.2) is 18.2 Å². The maximum absolute atomic E-state index is 13.5. The Kier molecular flexibility index (Phi) is 5.13. The maximum Gasteiger partial charge on any atom is 0.126 e. The van der Waals surface area contributed by atoms with Crippen LogP contribution in [0.5, 0.6) is 0 Å². The standard InChI is InChI=1S/C16H25FN2O/c1-13-4-5-14(10-15(13)17)11-18-12-16(2,3)19-6-8-20-9-7-19/h4-5,10,18H,6-9,11-12H2,1-3H3. The first-order valence-electron chi connectivity index (χ1n) is 7.27. The predicted molar refractivity (Wildman–Crippen MR) is 79.3 cm³/mol. The molecule has 2 rings (SSSR count). The minimum absolute atomic E-state index is 0.0903. The Hall–Kier alpha value is -0.970. The largest absolute Gasteiger partial charge is 0.379 e. The zero-order valence-corrected chi connectivity index (χ0v) is 12.7. The van der Waals surface area contributed by atoms with E-state index in [1.165, 1.54) is 0 Å². The van der Waals surface area contributed by atoms with Crippen LogP contribution in [-0.2, 0) is 11.3 Å². The molecule has 0 radical (unpaired) electrons. The van der Waals surface area contributed by atoms with E-state index in [1.807, 2.05) is 12.1 Å². The average molecular weight is 280 g/mol. The highest BCUT2D eigenvalue weighted by Crippen LogP contribution is 2.15. The number of rotatable bonds is 5. The Bertz CT molecular complexity index is 442. The van der Waals surface area contributed by atoms with Crippen molar-refractivity contribution in [1.82, 2.24) is 10.2 Å². The van der Waals surface area contributed by atoms with Gasteiger partial charge in [-0.1, -0.05) is 12.1 Å². The second kappa shape index (κ2) is 6.66. The lowest BCUT2D eigenvalue weighted by atomic mass is 10.0. The van der Waals surface area contributed by atoms with Crippen LogP contribution < -0.4 is 5.32 Å². The van der Waals surface area contributed by atoms with Gasteiger partial charge >= 0.3 is 0 Å². The van der Waals surface area contributed by atoms with Gasteiger partial charge in [-0.25, -0.2) is 4.39 Å². The van der Waals surface area contributed by atoms with Gasteiger partial charge in [0.1, 0.15) is 5.82 Å². The molecule has 3 nitrogen and oxygen atoms in total. The Morgan fingerprint density at radius 2 is 2.00 bits per heavy atom. The lowest BCUT2D eigenvalue weighted by molar-refractivity contribution is -0.00967. The molecule has 1 aromatic carbocycles. The number of hydrogen-bond acceptors (Lipinski definition) is 3. The van der Waals surface area contributed by atoms with Crippen molar-refractivity contribution in [3.8, 4) is 0 Å². The number of morpholine rings is 1. The summed E-state index contributed by atoms with van der Waals surface area (Å²) in [5, 5.41) is 3.44. The molecule has 1 aliphatic rings. The fourth-order valence-electron chi connectivity index (χ4n) is 2.54. The summed E-state index contributed by atoms with van der Waals surface area (Å²) in [6.45, 7) is 11.4. The van der Waals surface area contributed by atoms with Gasteiger partial charge in [0.25, 0.3) is 0 Å². The zero-order chi connectivity index (χ0) is 14.6. The molecule has 0 unspecified atom stereocenters. The fraction of sp³-hybridized carbons (Fsp3) is 0.625. The van der Waals surface area contributed by atoms with Crippen molar-refractivity contribution in [1.29, 1.82) is 0 Å². The molecule has 1 aromatic rings. The van der Waals surface area contributed by atoms with E-state index in [1.54, 1.807) is 13.0 Å². The van der Waals surface area contributed by atoms with Gasteiger partial charge in [0.05, 0.1) is 13.2 Å². The van der Waals surface area contributed by atoms with Crippen LogP contribution >= 0.6 is 0 Å². The van der Waals surface area contributed by atoms with Crippen molar-refractivity contribution in [2.24, 2.45) is 0 Å². The van der Waals surface area contributed by atoms with Gasteiger partial charge in [0, 0.05) is 31.7 Å². The summed E-state index contributed by atoms with van der Waals surface area (Å²) in [7, 11) is 0. The van der Waals surface area contributed by atoms with Gasteiger partial charge in [0.2, 0.25) is 0 Å². The minimum atomic E-state index is -0.128. The van der Waals surface area contributed by atoms with Crippen LogP contribution in [0.2, 0.25) is 0 Å². The van der Waals surface area contributed by atoms with E-state index in [4.69, 9.17) is 4.74 Å². The van der Waals surface area contributed by atoms with E-state index in [2.05, 4.69) is 24.1 Å². The first-order chi connectivity index (χ1) is 9.49. The number of benzene rings is 1. The molecule has 0 amide bonds. The van der Waals surface area contributed by atoms with Crippen LogP contribution in [0.4, 0.5) is 4.39 Å². The van der Waals surface area contributed by atoms with Crippen LogP contribution in [-0.4, -0.2) is 43.3 Å². The molecule has 1 aliphatic heterocycles. The van der Waals surface area contributed by atoms with E-state index in [0.717, 1.165) is 38.4 Å². The molecule has 0 spiro atoms. The van der Waals surface area contributed by atoms with Crippen molar-refractivity contribution in [2.75, 3.05) is 32.8 Å². The topological polar surface area (TPSA) is 24.5 Å². The van der Waals surface area contributed by atoms with E-state index in [9.17, 15) is 4.39 Å². The average Bonchev–Trinajstić information content (AvgIpc) is 2.44. The highest BCUT2D eigenvalue weighted by Gasteiger charge is 2.27. The van der Waals surface area contributed by atoms with Gasteiger partial charge in [-0.2, -0.15) is 0 Å². The summed E-state index contributed by atoms with van der Waals surface area (Å²) >= 11 is 0. The van der Waals surface area contributed by atoms with E-state index >= 15 is 0 Å². The van der Waals surface area contributed by atoms with Crippen molar-refractivity contribution < 1.29 is 9.13 Å². The zero-order valence-electron chi connectivity index (χ0n) is 12.7. The van der Waals surface area contributed by atoms with Gasteiger partial charge in [0.15, 0.2) is 0 Å². The third-order valence-corrected chi connectivity index (χ3v) is 3.99. The van der Waals surface area contributed by atoms with Crippen molar-refractivity contribution in [3.05, 3.63) is 35.1 Å². The SMILES string of the molecule is Cc1ccc(CNCC(C)(C)N2CCOCC2)cc1F. The first-order valence-corrected chi connectivity index (χ1v) is 7.27. The van der Waals surface area contributed by atoms with Crippen LogP contribution in [0.3, 0.4) is 0 Å². The summed E-state index contributed by atoms with van der Waals surface area (Å²) in [6, 6.07) is 5.43. The monoisotopic (exact) mass is 280 g/mol. The van der Waals surface area contributed by atoms with Crippen LogP contribution in [0, 0.1) is 12.7 Å². The lowest BCUT2D eigenvalue weighted by Gasteiger charge is -2.41. The molecule has 0 atom stereocenters. The molecule has 0 aromatic heterocycles. The molecular weight excluding hydrogens is 255 g/mol. The van der Waals surface area contributed by atoms with E-state index in [-0.39, 0.29) is 11.4 Å². The molecule has 1 saturated heterocycles. The van der Waals surface area contributed by atoms with Crippen molar-refractivity contribution >= 4 is 0 Å². The minimum Gasteiger partial charge on any atom is -0.379 e. The second-order valence-corrected chi connectivity index (χ2v) is 6.10. The van der Waals surface area contributed by atoms with Crippen molar-refractivity contribution in [3.63, 3.8) is 0 Å². The number of hydrogen-bond donors (Lipinski definition) is 1. The van der Waals surface area contributed by atoms with Gasteiger partial charge in [-0.05, 0) is 38.0 Å². The second-order valence-electron chi connectivity index (χ2n) is 6.10. The molecule has 0 saturated carbocycles. The van der Waals surface area contributed by atoms with Gasteiger partial charge in [-0.15, -0.1) is 0 Å². The number of nitrogens with zero attached hydrogens (tertiary/aromatic N) is 1. The summed E-state index contributed by atoms with van der Waals surface area (Å²) in [5.41, 5.74) is 1.78. The highest BCUT2D eigenvalue weighted by molar-refractivity contribution is 5.23. The number of nitrogens with one attached hydrogen (secondary N) is 1. The highest BCUT2D eigenvalue weighted by atomic mass is 19.1. The third-order valence-electron chi connectivity index (χ3n) is 3.99. The molecule has 112 valence electrons. The lowest BCUT2D eigenvalue weighted by Crippen LogP contribution is -2.54. The Morgan fingerprint density at radius 1 is 1.30 bits per heavy atom. The molecule has 0 bridgehead atoms. The Labute approximate surface area is 121 Å². The summed E-state index contributed by atoms with van der Waals surface area (Å²) < 4.78 is 18.9. The van der Waals surface area contributed by atoms with E-state index < -0.39 is 0 Å². The normalized spacial score (nSPS) is 17.4. The van der Waals surface area contributed by atoms with Crippen molar-refractivity contribution in [2.45, 2.75) is 32.9 Å². The maximum atomic E-state index is 13.5. The smallest absolute Gasteiger partial charge is 0.126 e. The molecule has 20 heavy (non-hydrogen) atoms. The molecule has 1 heterocycles. The molecule has 1 fully saturated rings. The quantitative estimate of drug-likeness (QED) is 0.896. The Morgan fingerprint density at radius 3 is 2.65 bits per heavy atom. The summed E-state index contributed by atoms with van der Waals surface area (Å²) in [4.78, 5) is 2.44. The van der Waals surface area contributed by atoms with E-state index in [0.29, 0.717) is 12.1 Å². The Balaban J connectivity index is 1.83.